The zero-order chi connectivity index (χ0) is 12.5. The summed E-state index contributed by atoms with van der Waals surface area (Å²) in [6.45, 7) is 2.01. The molecule has 2 aromatic heterocycles. The van der Waals surface area contributed by atoms with Crippen molar-refractivity contribution >= 4 is 5.52 Å². The highest BCUT2D eigenvalue weighted by Crippen LogP contribution is 2.17. The molecule has 0 saturated carbocycles. The number of fused-ring (bicyclic) bond motifs is 1. The number of aryl methyl sites for hydroxylation is 1. The Morgan fingerprint density at radius 2 is 2.06 bits per heavy atom. The zero-order valence-corrected chi connectivity index (χ0v) is 10.1. The minimum atomic E-state index is -0.0935. The predicted molar refractivity (Wildman–Crippen MR) is 70.6 cm³/mol. The number of nitrogens with one attached hydrogen (secondary N) is 1. The molecule has 0 spiro atoms. The highest BCUT2D eigenvalue weighted by Gasteiger charge is 2.09. The lowest BCUT2D eigenvalue weighted by molar-refractivity contribution is 0.963. The molecule has 1 aromatic carbocycles. The number of aromatic amines is 1. The van der Waals surface area contributed by atoms with Gasteiger partial charge in [0.05, 0.1) is 6.20 Å². The van der Waals surface area contributed by atoms with Crippen molar-refractivity contribution in [2.45, 2.75) is 13.3 Å². The maximum atomic E-state index is 11.9. The van der Waals surface area contributed by atoms with E-state index in [1.807, 2.05) is 47.9 Å². The third kappa shape index (κ3) is 1.62. The van der Waals surface area contributed by atoms with E-state index in [4.69, 9.17) is 0 Å². The largest absolute Gasteiger partial charge is 0.323 e. The number of rotatable bonds is 2. The molecule has 1 N–H and O–H groups in total. The molecule has 0 aliphatic carbocycles. The minimum Gasteiger partial charge on any atom is -0.323 e. The van der Waals surface area contributed by atoms with E-state index >= 15 is 0 Å². The number of hydrogen-bond acceptors (Lipinski definition) is 2. The summed E-state index contributed by atoms with van der Waals surface area (Å²) in [5.74, 6) is 0.798. The fourth-order valence-electron chi connectivity index (χ4n) is 2.04. The number of H-pyrrole nitrogens is 1. The summed E-state index contributed by atoms with van der Waals surface area (Å²) in [4.78, 5) is 19.1. The van der Waals surface area contributed by atoms with Crippen LogP contribution in [0.25, 0.3) is 16.9 Å². The SMILES string of the molecule is CCc1cn2c(-c3ccccc3)ncc2c(=O)[nH]1. The number of hydrogen-bond donors (Lipinski definition) is 1. The van der Waals surface area contributed by atoms with Gasteiger partial charge in [-0.05, 0) is 6.42 Å². The summed E-state index contributed by atoms with van der Waals surface area (Å²) in [5, 5.41) is 0. The second kappa shape index (κ2) is 4.14. The van der Waals surface area contributed by atoms with Crippen LogP contribution < -0.4 is 5.56 Å². The van der Waals surface area contributed by atoms with Gasteiger partial charge in [0.15, 0.2) is 0 Å². The molecule has 2 heterocycles. The van der Waals surface area contributed by atoms with E-state index in [1.54, 1.807) is 6.20 Å². The van der Waals surface area contributed by atoms with Gasteiger partial charge in [0, 0.05) is 17.5 Å². The average molecular weight is 239 g/mol. The van der Waals surface area contributed by atoms with Crippen LogP contribution in [0, 0.1) is 0 Å². The number of aromatic nitrogens is 3. The van der Waals surface area contributed by atoms with E-state index in [0.717, 1.165) is 23.5 Å². The molecule has 4 nitrogen and oxygen atoms in total. The second-order valence-electron chi connectivity index (χ2n) is 4.17. The van der Waals surface area contributed by atoms with Crippen LogP contribution in [0.3, 0.4) is 0 Å². The van der Waals surface area contributed by atoms with E-state index in [0.29, 0.717) is 5.52 Å². The van der Waals surface area contributed by atoms with Gasteiger partial charge >= 0.3 is 0 Å². The van der Waals surface area contributed by atoms with Gasteiger partial charge in [0.25, 0.3) is 5.56 Å². The van der Waals surface area contributed by atoms with Gasteiger partial charge in [-0.25, -0.2) is 4.98 Å². The number of imidazole rings is 1. The summed E-state index contributed by atoms with van der Waals surface area (Å²) in [7, 11) is 0. The van der Waals surface area contributed by atoms with Crippen LogP contribution in [-0.2, 0) is 6.42 Å². The third-order valence-electron chi connectivity index (χ3n) is 3.00. The Labute approximate surface area is 104 Å². The molecule has 0 saturated heterocycles. The molecule has 18 heavy (non-hydrogen) atoms. The summed E-state index contributed by atoms with van der Waals surface area (Å²) in [6, 6.07) is 9.86. The molecule has 3 rings (SSSR count). The fraction of sp³-hybridized carbons (Fsp3) is 0.143. The molecule has 0 aliphatic heterocycles. The van der Waals surface area contributed by atoms with Crippen LogP contribution >= 0.6 is 0 Å². The quantitative estimate of drug-likeness (QED) is 0.745. The highest BCUT2D eigenvalue weighted by atomic mass is 16.1. The summed E-state index contributed by atoms with van der Waals surface area (Å²) in [6.07, 6.45) is 4.34. The van der Waals surface area contributed by atoms with Crippen molar-refractivity contribution in [3.05, 3.63) is 58.8 Å². The fourth-order valence-corrected chi connectivity index (χ4v) is 2.04. The second-order valence-corrected chi connectivity index (χ2v) is 4.17. The molecule has 0 radical (unpaired) electrons. The first-order chi connectivity index (χ1) is 8.79. The van der Waals surface area contributed by atoms with E-state index in [-0.39, 0.29) is 5.56 Å². The lowest BCUT2D eigenvalue weighted by Crippen LogP contribution is -2.12. The van der Waals surface area contributed by atoms with Crippen LogP contribution in [0.1, 0.15) is 12.6 Å². The normalized spacial score (nSPS) is 10.9. The Morgan fingerprint density at radius 3 is 2.78 bits per heavy atom. The lowest BCUT2D eigenvalue weighted by Gasteiger charge is -2.03. The summed E-state index contributed by atoms with van der Waals surface area (Å²) < 4.78 is 1.85. The van der Waals surface area contributed by atoms with Crippen LogP contribution in [0.4, 0.5) is 0 Å². The maximum absolute atomic E-state index is 11.9. The van der Waals surface area contributed by atoms with Crippen molar-refractivity contribution in [1.82, 2.24) is 14.4 Å². The van der Waals surface area contributed by atoms with Crippen LogP contribution in [0.5, 0.6) is 0 Å². The third-order valence-corrected chi connectivity index (χ3v) is 3.00. The Hall–Kier alpha value is -2.36. The van der Waals surface area contributed by atoms with Crippen LogP contribution in [0.15, 0.2) is 47.5 Å². The number of benzene rings is 1. The zero-order valence-electron chi connectivity index (χ0n) is 10.1. The van der Waals surface area contributed by atoms with E-state index in [1.165, 1.54) is 0 Å². The first-order valence-electron chi connectivity index (χ1n) is 5.94. The van der Waals surface area contributed by atoms with Gasteiger partial charge in [-0.3, -0.25) is 9.20 Å². The minimum absolute atomic E-state index is 0.0935. The standard InChI is InChI=1S/C14H13N3O/c1-2-11-9-17-12(14(18)16-11)8-15-13(17)10-6-4-3-5-7-10/h3-9H,2H2,1H3,(H,16,18). The van der Waals surface area contributed by atoms with Gasteiger partial charge in [-0.15, -0.1) is 0 Å². The lowest BCUT2D eigenvalue weighted by atomic mass is 10.2. The van der Waals surface area contributed by atoms with Crippen molar-refractivity contribution in [2.24, 2.45) is 0 Å². The van der Waals surface area contributed by atoms with Crippen molar-refractivity contribution < 1.29 is 0 Å². The first kappa shape index (κ1) is 10.8. The molecule has 90 valence electrons. The average Bonchev–Trinajstić information content (AvgIpc) is 2.84. The molecule has 0 fully saturated rings. The van der Waals surface area contributed by atoms with Crippen molar-refractivity contribution in [3.63, 3.8) is 0 Å². The van der Waals surface area contributed by atoms with Gasteiger partial charge in [0.2, 0.25) is 0 Å². The molecule has 0 unspecified atom stereocenters. The Balaban J connectivity index is 2.32. The van der Waals surface area contributed by atoms with Crippen molar-refractivity contribution in [2.75, 3.05) is 0 Å². The Morgan fingerprint density at radius 1 is 1.28 bits per heavy atom. The van der Waals surface area contributed by atoms with E-state index < -0.39 is 0 Å². The first-order valence-corrected chi connectivity index (χ1v) is 5.94. The molecule has 3 aromatic rings. The Bertz CT molecular complexity index is 741. The van der Waals surface area contributed by atoms with Crippen molar-refractivity contribution in [1.29, 1.82) is 0 Å². The molecule has 4 heteroatoms. The van der Waals surface area contributed by atoms with Crippen LogP contribution in [-0.4, -0.2) is 14.4 Å². The monoisotopic (exact) mass is 239 g/mol. The van der Waals surface area contributed by atoms with Gasteiger partial charge in [0.1, 0.15) is 11.3 Å². The topological polar surface area (TPSA) is 50.2 Å². The highest BCUT2D eigenvalue weighted by molar-refractivity contribution is 5.61. The van der Waals surface area contributed by atoms with Gasteiger partial charge in [-0.1, -0.05) is 37.3 Å². The summed E-state index contributed by atoms with van der Waals surface area (Å²) >= 11 is 0. The molecule has 0 atom stereocenters. The molecule has 0 bridgehead atoms. The molecular formula is C14H13N3O. The predicted octanol–water partition coefficient (Wildman–Crippen LogP) is 2.25. The maximum Gasteiger partial charge on any atom is 0.274 e. The Kier molecular flexibility index (Phi) is 2.48. The van der Waals surface area contributed by atoms with Gasteiger partial charge < -0.3 is 4.98 Å². The molecule has 0 aliphatic rings. The van der Waals surface area contributed by atoms with Crippen molar-refractivity contribution in [3.8, 4) is 11.4 Å². The number of nitrogens with zero attached hydrogens (tertiary/aromatic N) is 2. The van der Waals surface area contributed by atoms with E-state index in [2.05, 4.69) is 9.97 Å². The molecule has 0 amide bonds. The smallest absolute Gasteiger partial charge is 0.274 e. The molecular weight excluding hydrogens is 226 g/mol. The summed E-state index contributed by atoms with van der Waals surface area (Å²) in [5.41, 5.74) is 2.39. The van der Waals surface area contributed by atoms with Crippen LogP contribution in [0.2, 0.25) is 0 Å². The van der Waals surface area contributed by atoms with Gasteiger partial charge in [-0.2, -0.15) is 0 Å². The van der Waals surface area contributed by atoms with E-state index in [9.17, 15) is 4.79 Å².